The van der Waals surface area contributed by atoms with E-state index >= 15 is 0 Å². The molecule has 2 aromatic rings. The third-order valence-corrected chi connectivity index (χ3v) is 5.75. The van der Waals surface area contributed by atoms with Crippen LogP contribution in [0.1, 0.15) is 44.4 Å². The third-order valence-electron chi connectivity index (χ3n) is 4.52. The second kappa shape index (κ2) is 10.9. The van der Waals surface area contributed by atoms with Gasteiger partial charge < -0.3 is 10.2 Å². The highest BCUT2D eigenvalue weighted by Crippen LogP contribution is 2.19. The molecule has 1 N–H and O–H groups in total. The minimum absolute atomic E-state index is 0.0563. The van der Waals surface area contributed by atoms with Crippen LogP contribution < -0.4 is 5.32 Å². The Balaban J connectivity index is 2.09. The van der Waals surface area contributed by atoms with E-state index in [-0.39, 0.29) is 17.4 Å². The van der Waals surface area contributed by atoms with E-state index < -0.39 is 6.04 Å². The molecule has 0 bridgehead atoms. The molecule has 30 heavy (non-hydrogen) atoms. The van der Waals surface area contributed by atoms with E-state index in [0.29, 0.717) is 23.1 Å². The van der Waals surface area contributed by atoms with Gasteiger partial charge in [-0.3, -0.25) is 9.59 Å². The number of hydrogen-bond donors (Lipinski definition) is 1. The Morgan fingerprint density at radius 1 is 1.10 bits per heavy atom. The van der Waals surface area contributed by atoms with Gasteiger partial charge in [-0.25, -0.2) is 0 Å². The lowest BCUT2D eigenvalue weighted by Crippen LogP contribution is -2.52. The number of rotatable bonds is 8. The van der Waals surface area contributed by atoms with Crippen LogP contribution in [-0.4, -0.2) is 34.0 Å². The molecule has 0 saturated heterocycles. The average molecular weight is 447 g/mol. The summed E-state index contributed by atoms with van der Waals surface area (Å²) in [5.41, 5.74) is 2.88. The van der Waals surface area contributed by atoms with Gasteiger partial charge in [0.25, 0.3) is 0 Å². The number of nitrogens with zero attached hydrogens (tertiary/aromatic N) is 1. The Morgan fingerprint density at radius 3 is 2.37 bits per heavy atom. The standard InChI is InChI=1S/C24H31ClN2O2S/c1-17-9-11-19(12-10-17)14-27(18(2)23(29)26-24(3,4)5)22(28)16-30-15-20-7-6-8-21(25)13-20/h6-13,18H,14-16H2,1-5H3,(H,26,29). The summed E-state index contributed by atoms with van der Waals surface area (Å²) in [6.07, 6.45) is 0. The van der Waals surface area contributed by atoms with E-state index in [2.05, 4.69) is 5.32 Å². The quantitative estimate of drug-likeness (QED) is 0.605. The zero-order chi connectivity index (χ0) is 22.3. The van der Waals surface area contributed by atoms with E-state index in [1.165, 1.54) is 11.8 Å². The molecule has 2 rings (SSSR count). The van der Waals surface area contributed by atoms with E-state index in [0.717, 1.165) is 16.7 Å². The SMILES string of the molecule is Cc1ccc(CN(C(=O)CSCc2cccc(Cl)c2)C(C)C(=O)NC(C)(C)C)cc1. The van der Waals surface area contributed by atoms with Crippen molar-refractivity contribution < 1.29 is 9.59 Å². The Morgan fingerprint density at radius 2 is 1.77 bits per heavy atom. The van der Waals surface area contributed by atoms with Gasteiger partial charge in [0.2, 0.25) is 11.8 Å². The molecule has 0 radical (unpaired) electrons. The predicted molar refractivity (Wildman–Crippen MR) is 127 cm³/mol. The summed E-state index contributed by atoms with van der Waals surface area (Å²) >= 11 is 7.56. The number of halogens is 1. The molecule has 1 unspecified atom stereocenters. The van der Waals surface area contributed by atoms with Crippen LogP contribution in [0, 0.1) is 6.92 Å². The van der Waals surface area contributed by atoms with Crippen molar-refractivity contribution in [2.75, 3.05) is 5.75 Å². The lowest BCUT2D eigenvalue weighted by atomic mass is 10.1. The van der Waals surface area contributed by atoms with Crippen molar-refractivity contribution >= 4 is 35.2 Å². The molecule has 2 aromatic carbocycles. The first-order valence-electron chi connectivity index (χ1n) is 10.0. The molecule has 0 fully saturated rings. The maximum Gasteiger partial charge on any atom is 0.242 e. The number of aryl methyl sites for hydroxylation is 1. The molecular formula is C24H31ClN2O2S. The minimum Gasteiger partial charge on any atom is -0.350 e. The van der Waals surface area contributed by atoms with Gasteiger partial charge in [-0.15, -0.1) is 11.8 Å². The summed E-state index contributed by atoms with van der Waals surface area (Å²) in [6, 6.07) is 15.1. The molecule has 0 saturated carbocycles. The fourth-order valence-corrected chi connectivity index (χ4v) is 3.98. The Labute approximate surface area is 189 Å². The molecule has 0 aliphatic rings. The van der Waals surface area contributed by atoms with Crippen LogP contribution in [0.25, 0.3) is 0 Å². The number of carbonyl (C=O) groups excluding carboxylic acids is 2. The molecule has 0 aromatic heterocycles. The van der Waals surface area contributed by atoms with Crippen molar-refractivity contribution in [2.45, 2.75) is 58.5 Å². The van der Waals surface area contributed by atoms with Crippen LogP contribution in [0.3, 0.4) is 0 Å². The highest BCUT2D eigenvalue weighted by Gasteiger charge is 2.28. The van der Waals surface area contributed by atoms with E-state index in [1.54, 1.807) is 11.8 Å². The second-order valence-electron chi connectivity index (χ2n) is 8.55. The average Bonchev–Trinajstić information content (AvgIpc) is 2.65. The van der Waals surface area contributed by atoms with Gasteiger partial charge >= 0.3 is 0 Å². The monoisotopic (exact) mass is 446 g/mol. The van der Waals surface area contributed by atoms with E-state index in [1.807, 2.05) is 76.2 Å². The van der Waals surface area contributed by atoms with Crippen LogP contribution in [0.15, 0.2) is 48.5 Å². The van der Waals surface area contributed by atoms with Crippen molar-refractivity contribution in [3.8, 4) is 0 Å². The van der Waals surface area contributed by atoms with Crippen LogP contribution in [-0.2, 0) is 21.9 Å². The zero-order valence-corrected chi connectivity index (χ0v) is 19.9. The highest BCUT2D eigenvalue weighted by molar-refractivity contribution is 7.99. The number of thioether (sulfide) groups is 1. The normalized spacial score (nSPS) is 12.3. The number of benzene rings is 2. The van der Waals surface area contributed by atoms with Gasteiger partial charge in [0.05, 0.1) is 5.75 Å². The summed E-state index contributed by atoms with van der Waals surface area (Å²) in [5, 5.41) is 3.67. The summed E-state index contributed by atoms with van der Waals surface area (Å²) in [7, 11) is 0. The van der Waals surface area contributed by atoms with E-state index in [9.17, 15) is 9.59 Å². The maximum absolute atomic E-state index is 13.1. The lowest BCUT2D eigenvalue weighted by Gasteiger charge is -2.31. The summed E-state index contributed by atoms with van der Waals surface area (Å²) < 4.78 is 0. The topological polar surface area (TPSA) is 49.4 Å². The highest BCUT2D eigenvalue weighted by atomic mass is 35.5. The molecule has 1 atom stereocenters. The molecule has 0 heterocycles. The molecule has 6 heteroatoms. The fourth-order valence-electron chi connectivity index (χ4n) is 2.91. The Kier molecular flexibility index (Phi) is 8.80. The van der Waals surface area contributed by atoms with Crippen molar-refractivity contribution in [3.05, 3.63) is 70.2 Å². The molecule has 4 nitrogen and oxygen atoms in total. The van der Waals surface area contributed by atoms with Gasteiger partial charge in [-0.1, -0.05) is 53.6 Å². The number of carbonyl (C=O) groups is 2. The summed E-state index contributed by atoms with van der Waals surface area (Å²) in [5.74, 6) is 0.778. The van der Waals surface area contributed by atoms with Crippen molar-refractivity contribution in [2.24, 2.45) is 0 Å². The molecular weight excluding hydrogens is 416 g/mol. The zero-order valence-electron chi connectivity index (χ0n) is 18.4. The largest absolute Gasteiger partial charge is 0.350 e. The summed E-state index contributed by atoms with van der Waals surface area (Å²) in [4.78, 5) is 27.5. The molecule has 0 aliphatic carbocycles. The van der Waals surface area contributed by atoms with Crippen LogP contribution >= 0.6 is 23.4 Å². The maximum atomic E-state index is 13.1. The number of hydrogen-bond acceptors (Lipinski definition) is 3. The molecule has 2 amide bonds. The van der Waals surface area contributed by atoms with Gasteiger partial charge in [0.15, 0.2) is 0 Å². The van der Waals surface area contributed by atoms with Gasteiger partial charge in [0, 0.05) is 22.9 Å². The second-order valence-corrected chi connectivity index (χ2v) is 9.97. The van der Waals surface area contributed by atoms with Crippen molar-refractivity contribution in [1.29, 1.82) is 0 Å². The Hall–Kier alpha value is -1.98. The van der Waals surface area contributed by atoms with Gasteiger partial charge in [-0.2, -0.15) is 0 Å². The van der Waals surface area contributed by atoms with Crippen LogP contribution in [0.4, 0.5) is 0 Å². The first-order valence-corrected chi connectivity index (χ1v) is 11.6. The number of nitrogens with one attached hydrogen (secondary N) is 1. The van der Waals surface area contributed by atoms with Crippen LogP contribution in [0.5, 0.6) is 0 Å². The first kappa shape index (κ1) is 24.3. The predicted octanol–water partition coefficient (Wildman–Crippen LogP) is 5.21. The van der Waals surface area contributed by atoms with Gasteiger partial charge in [-0.05, 0) is 57.9 Å². The van der Waals surface area contributed by atoms with Crippen LogP contribution in [0.2, 0.25) is 5.02 Å². The summed E-state index contributed by atoms with van der Waals surface area (Å²) in [6.45, 7) is 10.0. The Bertz CT molecular complexity index is 862. The van der Waals surface area contributed by atoms with E-state index in [4.69, 9.17) is 11.6 Å². The van der Waals surface area contributed by atoms with Gasteiger partial charge in [0.1, 0.15) is 6.04 Å². The number of amides is 2. The molecule has 162 valence electrons. The molecule has 0 aliphatic heterocycles. The first-order chi connectivity index (χ1) is 14.0. The van der Waals surface area contributed by atoms with Crippen molar-refractivity contribution in [3.63, 3.8) is 0 Å². The smallest absolute Gasteiger partial charge is 0.242 e. The van der Waals surface area contributed by atoms with Crippen molar-refractivity contribution in [1.82, 2.24) is 10.2 Å². The fraction of sp³-hybridized carbons (Fsp3) is 0.417. The molecule has 0 spiro atoms. The lowest BCUT2D eigenvalue weighted by molar-refractivity contribution is -0.139. The third kappa shape index (κ3) is 8.04. The minimum atomic E-state index is -0.565.